The van der Waals surface area contributed by atoms with E-state index in [2.05, 4.69) is 31.3 Å². The van der Waals surface area contributed by atoms with Gasteiger partial charge in [-0.15, -0.1) is 5.10 Å². The summed E-state index contributed by atoms with van der Waals surface area (Å²) in [5.74, 6) is -0.243. The highest BCUT2D eigenvalue weighted by Crippen LogP contribution is 2.28. The fourth-order valence-corrected chi connectivity index (χ4v) is 5.53. The number of amides is 2. The van der Waals surface area contributed by atoms with Crippen molar-refractivity contribution in [1.82, 2.24) is 34.6 Å². The molecule has 2 amide bonds. The van der Waals surface area contributed by atoms with Crippen LogP contribution in [0.25, 0.3) is 11.4 Å². The van der Waals surface area contributed by atoms with Gasteiger partial charge in [0.2, 0.25) is 0 Å². The number of aromatic nitrogens is 5. The summed E-state index contributed by atoms with van der Waals surface area (Å²) < 4.78 is 4.43. The molecule has 2 aromatic carbocycles. The number of carbonyl (C=O) groups is 2. The molecular formula is C28H29BrClN7O2. The Labute approximate surface area is 240 Å². The van der Waals surface area contributed by atoms with Gasteiger partial charge in [-0.25, -0.2) is 4.68 Å². The molecule has 0 atom stereocenters. The summed E-state index contributed by atoms with van der Waals surface area (Å²) in [5, 5.41) is 13.7. The standard InChI is InChI=1S/C28H29BrClN7O2/c1-18-15-35(3)32-26(18)24-17-37(33-31-24)22-10-12-36(13-11-22)28(39)20-7-4-6-19(14-20)27(38)34(2)16-21-8-5-9-23(30)25(21)29/h4-9,14-15,17,22H,10-13,16H2,1-3H3. The Bertz CT molecular complexity index is 1520. The average Bonchev–Trinajstić information content (AvgIpc) is 3.56. The lowest BCUT2D eigenvalue weighted by Gasteiger charge is -2.32. The van der Waals surface area contributed by atoms with Crippen molar-refractivity contribution in [3.8, 4) is 11.4 Å². The Morgan fingerprint density at radius 1 is 1.10 bits per heavy atom. The van der Waals surface area contributed by atoms with Crippen molar-refractivity contribution in [3.05, 3.63) is 86.6 Å². The lowest BCUT2D eigenvalue weighted by molar-refractivity contribution is 0.0689. The van der Waals surface area contributed by atoms with E-state index in [1.165, 1.54) is 0 Å². The van der Waals surface area contributed by atoms with Crippen LogP contribution in [0.5, 0.6) is 0 Å². The van der Waals surface area contributed by atoms with Crippen molar-refractivity contribution < 1.29 is 9.59 Å². The third kappa shape index (κ3) is 5.77. The Morgan fingerprint density at radius 2 is 1.82 bits per heavy atom. The first-order valence-corrected chi connectivity index (χ1v) is 13.9. The van der Waals surface area contributed by atoms with E-state index in [-0.39, 0.29) is 17.9 Å². The molecule has 0 aliphatic carbocycles. The van der Waals surface area contributed by atoms with Gasteiger partial charge in [-0.3, -0.25) is 14.3 Å². The van der Waals surface area contributed by atoms with Crippen LogP contribution in [0.3, 0.4) is 0 Å². The highest BCUT2D eigenvalue weighted by atomic mass is 79.9. The van der Waals surface area contributed by atoms with E-state index in [1.807, 2.05) is 48.1 Å². The molecule has 4 aromatic rings. The summed E-state index contributed by atoms with van der Waals surface area (Å²) in [6, 6.07) is 12.7. The van der Waals surface area contributed by atoms with Crippen LogP contribution in [-0.4, -0.2) is 66.5 Å². The Balaban J connectivity index is 1.21. The molecule has 2 aromatic heterocycles. The van der Waals surface area contributed by atoms with E-state index >= 15 is 0 Å². The van der Waals surface area contributed by atoms with Crippen molar-refractivity contribution in [2.45, 2.75) is 32.4 Å². The summed E-state index contributed by atoms with van der Waals surface area (Å²) >= 11 is 9.69. The van der Waals surface area contributed by atoms with E-state index < -0.39 is 0 Å². The number of hydrogen-bond acceptors (Lipinski definition) is 5. The zero-order valence-electron chi connectivity index (χ0n) is 22.0. The molecule has 0 bridgehead atoms. The van der Waals surface area contributed by atoms with Gasteiger partial charge >= 0.3 is 0 Å². The van der Waals surface area contributed by atoms with Gasteiger partial charge < -0.3 is 9.80 Å². The number of halogens is 2. The molecule has 202 valence electrons. The van der Waals surface area contributed by atoms with E-state index in [9.17, 15) is 9.59 Å². The van der Waals surface area contributed by atoms with Crippen LogP contribution in [0.15, 0.2) is 59.3 Å². The maximum Gasteiger partial charge on any atom is 0.253 e. The molecule has 1 saturated heterocycles. The first-order valence-electron chi connectivity index (χ1n) is 12.7. The van der Waals surface area contributed by atoms with Crippen LogP contribution < -0.4 is 0 Å². The molecule has 11 heteroatoms. The fourth-order valence-electron chi connectivity index (χ4n) is 4.94. The molecule has 5 rings (SSSR count). The molecular weight excluding hydrogens is 582 g/mol. The number of likely N-dealkylation sites (tertiary alicyclic amines) is 1. The van der Waals surface area contributed by atoms with E-state index in [0.29, 0.717) is 35.8 Å². The third-order valence-electron chi connectivity index (χ3n) is 7.03. The molecule has 0 spiro atoms. The van der Waals surface area contributed by atoms with Crippen molar-refractivity contribution >= 4 is 39.3 Å². The zero-order chi connectivity index (χ0) is 27.7. The van der Waals surface area contributed by atoms with Crippen molar-refractivity contribution in [2.24, 2.45) is 7.05 Å². The number of carbonyl (C=O) groups excluding carboxylic acids is 2. The molecule has 3 heterocycles. The Hall–Kier alpha value is -3.50. The van der Waals surface area contributed by atoms with Crippen LogP contribution in [-0.2, 0) is 13.6 Å². The van der Waals surface area contributed by atoms with Crippen molar-refractivity contribution in [1.29, 1.82) is 0 Å². The second kappa shape index (κ2) is 11.3. The maximum absolute atomic E-state index is 13.3. The summed E-state index contributed by atoms with van der Waals surface area (Å²) in [6.45, 7) is 3.59. The zero-order valence-corrected chi connectivity index (χ0v) is 24.4. The van der Waals surface area contributed by atoms with Crippen molar-refractivity contribution in [3.63, 3.8) is 0 Å². The van der Waals surface area contributed by atoms with Gasteiger partial charge in [0.25, 0.3) is 11.8 Å². The number of rotatable bonds is 6. The van der Waals surface area contributed by atoms with Crippen molar-refractivity contribution in [2.75, 3.05) is 20.1 Å². The Kier molecular flexibility index (Phi) is 7.86. The monoisotopic (exact) mass is 609 g/mol. The largest absolute Gasteiger partial charge is 0.338 e. The highest BCUT2D eigenvalue weighted by molar-refractivity contribution is 9.10. The number of nitrogens with zero attached hydrogens (tertiary/aromatic N) is 7. The topological polar surface area (TPSA) is 89.2 Å². The molecule has 0 unspecified atom stereocenters. The van der Waals surface area contributed by atoms with Gasteiger partial charge in [-0.1, -0.05) is 35.0 Å². The quantitative estimate of drug-likeness (QED) is 0.301. The van der Waals surface area contributed by atoms with Gasteiger partial charge in [-0.05, 0) is 71.1 Å². The summed E-state index contributed by atoms with van der Waals surface area (Å²) in [5.41, 5.74) is 4.51. The van der Waals surface area contributed by atoms with Gasteiger partial charge in [0.05, 0.1) is 17.3 Å². The SMILES string of the molecule is Cc1cn(C)nc1-c1cn(C2CCN(C(=O)c3cccc(C(=O)N(C)Cc4cccc(Cl)c4Br)c3)CC2)nn1. The number of piperidine rings is 1. The molecule has 0 saturated carbocycles. The van der Waals surface area contributed by atoms with Crippen LogP contribution >= 0.6 is 27.5 Å². The molecule has 39 heavy (non-hydrogen) atoms. The van der Waals surface area contributed by atoms with Gasteiger partial charge in [0.1, 0.15) is 11.4 Å². The van der Waals surface area contributed by atoms with E-state index in [0.717, 1.165) is 39.8 Å². The summed E-state index contributed by atoms with van der Waals surface area (Å²) in [6.07, 6.45) is 5.43. The average molecular weight is 611 g/mol. The van der Waals surface area contributed by atoms with Crippen LogP contribution in [0, 0.1) is 6.92 Å². The normalized spacial score (nSPS) is 14.0. The predicted molar refractivity (Wildman–Crippen MR) is 153 cm³/mol. The van der Waals surface area contributed by atoms with Gasteiger partial charge in [0, 0.05) is 55.5 Å². The number of hydrogen-bond donors (Lipinski definition) is 0. The fraction of sp³-hybridized carbons (Fsp3) is 0.321. The van der Waals surface area contributed by atoms with Crippen LogP contribution in [0.2, 0.25) is 5.02 Å². The highest BCUT2D eigenvalue weighted by Gasteiger charge is 2.26. The summed E-state index contributed by atoms with van der Waals surface area (Å²) in [7, 11) is 3.62. The van der Waals surface area contributed by atoms with E-state index in [1.54, 1.807) is 47.0 Å². The lowest BCUT2D eigenvalue weighted by Crippen LogP contribution is -2.39. The minimum absolute atomic E-state index is 0.0771. The lowest BCUT2D eigenvalue weighted by atomic mass is 10.0. The Morgan fingerprint density at radius 3 is 2.54 bits per heavy atom. The van der Waals surface area contributed by atoms with E-state index in [4.69, 9.17) is 11.6 Å². The van der Waals surface area contributed by atoms with Crippen LogP contribution in [0.1, 0.15) is 50.7 Å². The number of aryl methyl sites for hydroxylation is 2. The second-order valence-electron chi connectivity index (χ2n) is 9.90. The van der Waals surface area contributed by atoms with Gasteiger partial charge in [-0.2, -0.15) is 5.10 Å². The maximum atomic E-state index is 13.3. The summed E-state index contributed by atoms with van der Waals surface area (Å²) in [4.78, 5) is 29.9. The molecule has 1 aliphatic heterocycles. The van der Waals surface area contributed by atoms with Gasteiger partial charge in [0.15, 0.2) is 0 Å². The molecule has 1 aliphatic rings. The molecule has 0 radical (unpaired) electrons. The van der Waals surface area contributed by atoms with Crippen LogP contribution in [0.4, 0.5) is 0 Å². The first kappa shape index (κ1) is 27.1. The predicted octanol–water partition coefficient (Wildman–Crippen LogP) is 5.15. The minimum atomic E-state index is -0.166. The molecule has 1 fully saturated rings. The minimum Gasteiger partial charge on any atom is -0.338 e. The second-order valence-corrected chi connectivity index (χ2v) is 11.1. The number of benzene rings is 2. The third-order valence-corrected chi connectivity index (χ3v) is 8.51. The molecule has 9 nitrogen and oxygen atoms in total. The smallest absolute Gasteiger partial charge is 0.253 e. The first-order chi connectivity index (χ1) is 18.7. The molecule has 0 N–H and O–H groups in total.